The fraction of sp³-hybridized carbons (Fsp3) is 0.923. The summed E-state index contributed by atoms with van der Waals surface area (Å²) in [4.78, 5) is 10.9. The predicted molar refractivity (Wildman–Crippen MR) is 78.1 cm³/mol. The number of esters is 1. The Balaban J connectivity index is 4.34. The molecule has 0 aliphatic rings. The number of phosphoric ester groups is 1. The maximum Gasteiger partial charge on any atom is 0.474 e. The fourth-order valence-corrected chi connectivity index (χ4v) is 2.31. The number of carbonyl (C=O) groups is 1. The van der Waals surface area contributed by atoms with Crippen LogP contribution in [-0.4, -0.2) is 45.6 Å². The number of hydrogen-bond donors (Lipinski definition) is 0. The van der Waals surface area contributed by atoms with Gasteiger partial charge < -0.3 is 9.47 Å². The average molecular weight is 326 g/mol. The molecule has 0 aliphatic heterocycles. The van der Waals surface area contributed by atoms with Crippen LogP contribution in [0.1, 0.15) is 40.0 Å². The van der Waals surface area contributed by atoms with E-state index in [0.717, 1.165) is 12.8 Å². The highest BCUT2D eigenvalue weighted by atomic mass is 31.2. The maximum atomic E-state index is 12.1. The van der Waals surface area contributed by atoms with Gasteiger partial charge in [0.15, 0.2) is 0 Å². The van der Waals surface area contributed by atoms with Crippen molar-refractivity contribution in [3.63, 3.8) is 0 Å². The molecule has 0 aromatic carbocycles. The summed E-state index contributed by atoms with van der Waals surface area (Å²) in [6, 6.07) is 0. The van der Waals surface area contributed by atoms with Gasteiger partial charge in [-0.05, 0) is 12.8 Å². The molecule has 0 N–H and O–H groups in total. The van der Waals surface area contributed by atoms with Crippen LogP contribution in [0.3, 0.4) is 0 Å². The molecular formula is C13H27O7P. The molecule has 0 saturated heterocycles. The van der Waals surface area contributed by atoms with Crippen LogP contribution in [0.4, 0.5) is 0 Å². The minimum atomic E-state index is -3.58. The SMILES string of the molecule is CCCCO[C@@H](COC(C)=O)COP(=O)(OC)OCCC. The van der Waals surface area contributed by atoms with E-state index in [2.05, 4.69) is 0 Å². The minimum Gasteiger partial charge on any atom is -0.463 e. The van der Waals surface area contributed by atoms with Gasteiger partial charge in [0.1, 0.15) is 12.7 Å². The predicted octanol–water partition coefficient (Wildman–Crippen LogP) is 2.93. The molecule has 0 radical (unpaired) electrons. The Hall–Kier alpha value is -0.460. The third-order valence-electron chi connectivity index (χ3n) is 2.42. The zero-order valence-corrected chi connectivity index (χ0v) is 14.2. The second-order valence-electron chi connectivity index (χ2n) is 4.41. The summed E-state index contributed by atoms with van der Waals surface area (Å²) in [5.74, 6) is -0.406. The van der Waals surface area contributed by atoms with Crippen molar-refractivity contribution in [3.05, 3.63) is 0 Å². The molecule has 0 amide bonds. The largest absolute Gasteiger partial charge is 0.474 e. The monoisotopic (exact) mass is 326 g/mol. The molecule has 126 valence electrons. The Bertz CT molecular complexity index is 322. The second-order valence-corrected chi connectivity index (χ2v) is 6.18. The molecule has 0 aromatic heterocycles. The number of hydrogen-bond acceptors (Lipinski definition) is 7. The van der Waals surface area contributed by atoms with Crippen LogP contribution in [-0.2, 0) is 32.4 Å². The summed E-state index contributed by atoms with van der Waals surface area (Å²) in [6.07, 6.45) is 2.05. The van der Waals surface area contributed by atoms with Gasteiger partial charge in [0.05, 0.1) is 13.2 Å². The molecule has 0 spiro atoms. The molecule has 21 heavy (non-hydrogen) atoms. The molecule has 0 heterocycles. The summed E-state index contributed by atoms with van der Waals surface area (Å²) in [5.41, 5.74) is 0. The molecule has 2 atom stereocenters. The highest BCUT2D eigenvalue weighted by Crippen LogP contribution is 2.48. The Morgan fingerprint density at radius 3 is 2.33 bits per heavy atom. The smallest absolute Gasteiger partial charge is 0.463 e. The minimum absolute atomic E-state index is 0.0359. The van der Waals surface area contributed by atoms with Crippen molar-refractivity contribution in [2.45, 2.75) is 46.1 Å². The summed E-state index contributed by atoms with van der Waals surface area (Å²) < 4.78 is 37.6. The van der Waals surface area contributed by atoms with Crippen molar-refractivity contribution < 1.29 is 32.4 Å². The summed E-state index contributed by atoms with van der Waals surface area (Å²) in [6.45, 7) is 6.03. The van der Waals surface area contributed by atoms with Crippen molar-refractivity contribution >= 4 is 13.8 Å². The van der Waals surface area contributed by atoms with Crippen LogP contribution >= 0.6 is 7.82 Å². The van der Waals surface area contributed by atoms with Crippen LogP contribution in [0.5, 0.6) is 0 Å². The Labute approximate surface area is 126 Å². The first kappa shape index (κ1) is 20.5. The van der Waals surface area contributed by atoms with Gasteiger partial charge in [-0.2, -0.15) is 0 Å². The first-order chi connectivity index (χ1) is 9.97. The lowest BCUT2D eigenvalue weighted by Crippen LogP contribution is -2.27. The lowest BCUT2D eigenvalue weighted by atomic mass is 10.3. The van der Waals surface area contributed by atoms with Crippen LogP contribution in [0.25, 0.3) is 0 Å². The van der Waals surface area contributed by atoms with Gasteiger partial charge in [0, 0.05) is 20.6 Å². The molecule has 8 heteroatoms. The van der Waals surface area contributed by atoms with E-state index < -0.39 is 19.9 Å². The van der Waals surface area contributed by atoms with E-state index in [1.165, 1.54) is 14.0 Å². The molecule has 0 rings (SSSR count). The lowest BCUT2D eigenvalue weighted by molar-refractivity contribution is -0.146. The van der Waals surface area contributed by atoms with Crippen molar-refractivity contribution in [2.75, 3.05) is 33.5 Å². The zero-order chi connectivity index (χ0) is 16.1. The highest BCUT2D eigenvalue weighted by molar-refractivity contribution is 7.48. The third-order valence-corrected chi connectivity index (χ3v) is 3.83. The van der Waals surface area contributed by atoms with E-state index in [1.807, 2.05) is 13.8 Å². The average Bonchev–Trinajstić information content (AvgIpc) is 2.47. The lowest BCUT2D eigenvalue weighted by Gasteiger charge is -2.21. The van der Waals surface area contributed by atoms with Crippen LogP contribution in [0.2, 0.25) is 0 Å². The van der Waals surface area contributed by atoms with E-state index in [4.69, 9.17) is 23.0 Å². The van der Waals surface area contributed by atoms with Crippen molar-refractivity contribution in [3.8, 4) is 0 Å². The third kappa shape index (κ3) is 10.8. The quantitative estimate of drug-likeness (QED) is 0.292. The molecule has 0 fully saturated rings. The molecule has 0 bridgehead atoms. The second kappa shape index (κ2) is 12.1. The van der Waals surface area contributed by atoms with Crippen molar-refractivity contribution in [1.82, 2.24) is 0 Å². The van der Waals surface area contributed by atoms with Gasteiger partial charge >= 0.3 is 13.8 Å². The van der Waals surface area contributed by atoms with E-state index in [0.29, 0.717) is 13.0 Å². The summed E-state index contributed by atoms with van der Waals surface area (Å²) in [5, 5.41) is 0. The number of rotatable bonds is 13. The molecule has 0 aromatic rings. The molecular weight excluding hydrogens is 299 g/mol. The summed E-state index contributed by atoms with van der Waals surface area (Å²) >= 11 is 0. The van der Waals surface area contributed by atoms with Gasteiger partial charge in [-0.3, -0.25) is 18.4 Å². The van der Waals surface area contributed by atoms with E-state index in [9.17, 15) is 9.36 Å². The molecule has 0 saturated carbocycles. The fourth-order valence-electron chi connectivity index (χ4n) is 1.27. The molecule has 0 aliphatic carbocycles. The van der Waals surface area contributed by atoms with Crippen LogP contribution in [0.15, 0.2) is 0 Å². The van der Waals surface area contributed by atoms with Crippen LogP contribution < -0.4 is 0 Å². The van der Waals surface area contributed by atoms with E-state index in [1.54, 1.807) is 0 Å². The van der Waals surface area contributed by atoms with Gasteiger partial charge in [-0.25, -0.2) is 4.57 Å². The van der Waals surface area contributed by atoms with Gasteiger partial charge in [-0.1, -0.05) is 20.3 Å². The topological polar surface area (TPSA) is 80.3 Å². The van der Waals surface area contributed by atoms with Gasteiger partial charge in [0.2, 0.25) is 0 Å². The number of phosphoric acid groups is 1. The molecule has 7 nitrogen and oxygen atoms in total. The van der Waals surface area contributed by atoms with Gasteiger partial charge in [0.25, 0.3) is 0 Å². The number of unbranched alkanes of at least 4 members (excludes halogenated alkanes) is 1. The van der Waals surface area contributed by atoms with E-state index in [-0.39, 0.29) is 19.8 Å². The first-order valence-electron chi connectivity index (χ1n) is 7.17. The van der Waals surface area contributed by atoms with Crippen molar-refractivity contribution in [2.24, 2.45) is 0 Å². The number of carbonyl (C=O) groups excluding carboxylic acids is 1. The highest BCUT2D eigenvalue weighted by Gasteiger charge is 2.26. The standard InChI is InChI=1S/C13H27O7P/c1-5-7-9-17-13(10-18-12(3)14)11-20-21(15,16-4)19-8-6-2/h13H,5-11H2,1-4H3/t13-,21?/m0/s1. The number of ether oxygens (including phenoxy) is 2. The zero-order valence-electron chi connectivity index (χ0n) is 13.3. The Morgan fingerprint density at radius 2 is 1.81 bits per heavy atom. The first-order valence-corrected chi connectivity index (χ1v) is 8.63. The van der Waals surface area contributed by atoms with Gasteiger partial charge in [-0.15, -0.1) is 0 Å². The van der Waals surface area contributed by atoms with E-state index >= 15 is 0 Å². The van der Waals surface area contributed by atoms with Crippen LogP contribution in [0, 0.1) is 0 Å². The summed E-state index contributed by atoms with van der Waals surface area (Å²) in [7, 11) is -2.32. The normalized spacial score (nSPS) is 15.4. The van der Waals surface area contributed by atoms with Crippen molar-refractivity contribution in [1.29, 1.82) is 0 Å². The maximum absolute atomic E-state index is 12.1. The molecule has 1 unspecified atom stereocenters. The Kier molecular flexibility index (Phi) is 11.9. The Morgan fingerprint density at radius 1 is 1.10 bits per heavy atom.